The normalized spacial score (nSPS) is 19.0. The molecule has 304 valence electrons. The molecule has 3 atom stereocenters. The summed E-state index contributed by atoms with van der Waals surface area (Å²) in [6.45, 7) is 10.7. The van der Waals surface area contributed by atoms with Gasteiger partial charge >= 0.3 is 18.1 Å². The van der Waals surface area contributed by atoms with E-state index in [0.717, 1.165) is 42.2 Å². The topological polar surface area (TPSA) is 120 Å². The highest BCUT2D eigenvalue weighted by atomic mass is 35.5. The summed E-state index contributed by atoms with van der Waals surface area (Å²) >= 11 is 17.4. The van der Waals surface area contributed by atoms with Crippen molar-refractivity contribution < 1.29 is 32.3 Å². The molecule has 3 aliphatic rings. The summed E-state index contributed by atoms with van der Waals surface area (Å²) in [5.41, 5.74) is 7.35. The second-order valence-electron chi connectivity index (χ2n) is 13.8. The third-order valence-electron chi connectivity index (χ3n) is 9.84. The van der Waals surface area contributed by atoms with Gasteiger partial charge in [-0.05, 0) is 116 Å². The zero-order valence-electron chi connectivity index (χ0n) is 31.3. The molecule has 16 heteroatoms. The Morgan fingerprint density at radius 1 is 0.724 bits per heavy atom. The molecule has 0 radical (unpaired) electrons. The summed E-state index contributed by atoms with van der Waals surface area (Å²) in [6.07, 6.45) is -2.52. The van der Waals surface area contributed by atoms with E-state index in [0.29, 0.717) is 53.1 Å². The van der Waals surface area contributed by atoms with Crippen LogP contribution in [0.1, 0.15) is 40.7 Å². The number of alkyl halides is 3. The lowest BCUT2D eigenvalue weighted by atomic mass is 10.0. The lowest BCUT2D eigenvalue weighted by Crippen LogP contribution is -2.34. The summed E-state index contributed by atoms with van der Waals surface area (Å²) < 4.78 is 38.8. The third kappa shape index (κ3) is 11.1. The predicted molar refractivity (Wildman–Crippen MR) is 220 cm³/mol. The van der Waals surface area contributed by atoms with Crippen molar-refractivity contribution in [3.05, 3.63) is 134 Å². The highest BCUT2D eigenvalue weighted by Gasteiger charge is 2.37. The number of nitrogens with two attached hydrogens (primary N) is 1. The molecule has 3 fully saturated rings. The first-order valence-electron chi connectivity index (χ1n) is 18.3. The number of carbonyl (C=O) groups excluding carboxylic acids is 4. The van der Waals surface area contributed by atoms with Crippen LogP contribution in [0.3, 0.4) is 0 Å². The first kappa shape index (κ1) is 44.0. The van der Waals surface area contributed by atoms with E-state index in [4.69, 9.17) is 47.1 Å². The van der Waals surface area contributed by atoms with Crippen molar-refractivity contribution in [1.82, 2.24) is 5.32 Å². The van der Waals surface area contributed by atoms with E-state index in [-0.39, 0.29) is 35.7 Å². The van der Waals surface area contributed by atoms with Crippen molar-refractivity contribution >= 4 is 75.5 Å². The molecule has 0 saturated carbocycles. The molecule has 3 saturated heterocycles. The number of hydrogen-bond donors (Lipinski definition) is 2. The molecule has 0 aromatic heterocycles. The van der Waals surface area contributed by atoms with E-state index in [2.05, 4.69) is 10.2 Å². The van der Waals surface area contributed by atoms with Crippen molar-refractivity contribution in [3.8, 4) is 0 Å². The van der Waals surface area contributed by atoms with E-state index in [1.54, 1.807) is 75.4 Å². The quantitative estimate of drug-likeness (QED) is 0.181. The van der Waals surface area contributed by atoms with Gasteiger partial charge in [0.1, 0.15) is 0 Å². The number of hydrogen-bond acceptors (Lipinski definition) is 5. The van der Waals surface area contributed by atoms with E-state index in [1.807, 2.05) is 12.1 Å². The average molecular weight is 856 g/mol. The molecule has 3 aliphatic heterocycles. The monoisotopic (exact) mass is 854 g/mol. The number of nitrogens with one attached hydrogen (secondary N) is 1. The van der Waals surface area contributed by atoms with Crippen molar-refractivity contribution in [1.29, 1.82) is 0 Å². The van der Waals surface area contributed by atoms with E-state index >= 15 is 0 Å². The smallest absolute Gasteiger partial charge is 0.351 e. The van der Waals surface area contributed by atoms with Gasteiger partial charge in [0.05, 0.1) is 23.8 Å². The van der Waals surface area contributed by atoms with Crippen LogP contribution >= 0.6 is 34.8 Å². The second kappa shape index (κ2) is 19.5. The van der Waals surface area contributed by atoms with Gasteiger partial charge in [-0.1, -0.05) is 34.8 Å². The number of halogens is 6. The maximum absolute atomic E-state index is 12.9. The standard InChI is InChI=1S/C20H18ClF3N2O2.C11H9ClN2O.C11H13ClN2O/c1-12-8-14(10-15(9-12)20(22,23)24)18(27)25-11-13-6-7-26(19(13)28)17-4-2-16(21)3-5-17;1-13-10-6-7-14(11(10)15)9-4-2-8(12)3-5-9;12-9-1-3-10(4-2-9)14-6-5-8(7-13)11(14)15/h2-5,8-10,13H,6-7,11H2,1H3,(H,25,27);2-5,10H,6-7H2;1-4,8H,5-7,13H2. The van der Waals surface area contributed by atoms with Gasteiger partial charge in [-0.25, -0.2) is 6.57 Å². The lowest BCUT2D eigenvalue weighted by Gasteiger charge is -2.17. The molecule has 58 heavy (non-hydrogen) atoms. The first-order valence-corrected chi connectivity index (χ1v) is 19.5. The molecule has 0 aliphatic carbocycles. The Labute approximate surface area is 349 Å². The average Bonchev–Trinajstić information content (AvgIpc) is 3.89. The van der Waals surface area contributed by atoms with Crippen LogP contribution in [0.4, 0.5) is 30.2 Å². The van der Waals surface area contributed by atoms with Crippen molar-refractivity contribution in [2.45, 2.75) is 38.4 Å². The molecule has 0 bridgehead atoms. The van der Waals surface area contributed by atoms with Gasteiger partial charge in [0.2, 0.25) is 11.8 Å². The largest absolute Gasteiger partial charge is 0.416 e. The van der Waals surface area contributed by atoms with Gasteiger partial charge in [0, 0.05) is 70.4 Å². The van der Waals surface area contributed by atoms with Gasteiger partial charge in [-0.15, -0.1) is 0 Å². The summed E-state index contributed by atoms with van der Waals surface area (Å²) in [7, 11) is 0. The van der Waals surface area contributed by atoms with Gasteiger partial charge in [0.25, 0.3) is 5.91 Å². The molecule has 3 heterocycles. The van der Waals surface area contributed by atoms with E-state index < -0.39 is 29.6 Å². The number of carbonyl (C=O) groups is 4. The van der Waals surface area contributed by atoms with Gasteiger partial charge < -0.3 is 30.6 Å². The molecule has 3 N–H and O–H groups in total. The van der Waals surface area contributed by atoms with Gasteiger partial charge in [0.15, 0.2) is 0 Å². The Bertz CT molecular complexity index is 2150. The number of amides is 4. The molecule has 10 nitrogen and oxygen atoms in total. The minimum Gasteiger partial charge on any atom is -0.351 e. The molecule has 3 unspecified atom stereocenters. The Morgan fingerprint density at radius 2 is 1.16 bits per heavy atom. The second-order valence-corrected chi connectivity index (χ2v) is 15.1. The zero-order valence-corrected chi connectivity index (χ0v) is 33.6. The molecule has 0 spiro atoms. The fourth-order valence-corrected chi connectivity index (χ4v) is 7.08. The minimum absolute atomic E-state index is 0.0133. The number of benzene rings is 4. The highest BCUT2D eigenvalue weighted by Crippen LogP contribution is 2.31. The van der Waals surface area contributed by atoms with Crippen LogP contribution in [0.15, 0.2) is 91.0 Å². The van der Waals surface area contributed by atoms with Crippen LogP contribution in [0, 0.1) is 25.3 Å². The number of rotatable bonds is 7. The molecular weight excluding hydrogens is 816 g/mol. The fourth-order valence-electron chi connectivity index (χ4n) is 6.70. The summed E-state index contributed by atoms with van der Waals surface area (Å²) in [4.78, 5) is 56.7. The Kier molecular flexibility index (Phi) is 14.8. The van der Waals surface area contributed by atoms with Crippen LogP contribution in [0.25, 0.3) is 4.85 Å². The molecule has 4 aromatic rings. The Morgan fingerprint density at radius 3 is 1.57 bits per heavy atom. The third-order valence-corrected chi connectivity index (χ3v) is 10.6. The number of nitrogens with zero attached hydrogens (tertiary/aromatic N) is 4. The fraction of sp³-hybridized carbons (Fsp3) is 0.310. The van der Waals surface area contributed by atoms with Crippen LogP contribution in [-0.2, 0) is 20.6 Å². The zero-order chi connectivity index (χ0) is 42.1. The summed E-state index contributed by atoms with van der Waals surface area (Å²) in [5, 5.41) is 4.48. The number of anilines is 3. The van der Waals surface area contributed by atoms with Gasteiger partial charge in [-0.2, -0.15) is 13.2 Å². The maximum atomic E-state index is 12.9. The van der Waals surface area contributed by atoms with Crippen molar-refractivity contribution in [2.24, 2.45) is 17.6 Å². The minimum atomic E-state index is -4.53. The van der Waals surface area contributed by atoms with Crippen LogP contribution in [0.2, 0.25) is 15.1 Å². The lowest BCUT2D eigenvalue weighted by molar-refractivity contribution is -0.137. The van der Waals surface area contributed by atoms with Crippen LogP contribution in [-0.4, -0.2) is 62.4 Å². The summed E-state index contributed by atoms with van der Waals surface area (Å²) in [6, 6.07) is 24.0. The Balaban J connectivity index is 0.000000180. The summed E-state index contributed by atoms with van der Waals surface area (Å²) in [5.74, 6) is -1.19. The number of aryl methyl sites for hydroxylation is 1. The SMILES string of the molecule is Cc1cc(C(=O)NCC2CCN(c3ccc(Cl)cc3)C2=O)cc(C(F)(F)F)c1.NCC1CCN(c2ccc(Cl)cc2)C1=O.[C-]#[N+]C1CCN(c2ccc(Cl)cc2)C1=O. The van der Waals surface area contributed by atoms with Gasteiger partial charge in [-0.3, -0.25) is 19.2 Å². The predicted octanol–water partition coefficient (Wildman–Crippen LogP) is 8.47. The van der Waals surface area contributed by atoms with Crippen molar-refractivity contribution in [3.63, 3.8) is 0 Å². The van der Waals surface area contributed by atoms with E-state index in [1.165, 1.54) is 13.0 Å². The molecule has 7 rings (SSSR count). The molecule has 4 aromatic carbocycles. The van der Waals surface area contributed by atoms with E-state index in [9.17, 15) is 32.3 Å². The maximum Gasteiger partial charge on any atom is 0.416 e. The van der Waals surface area contributed by atoms with Crippen LogP contribution in [0.5, 0.6) is 0 Å². The van der Waals surface area contributed by atoms with Crippen LogP contribution < -0.4 is 25.8 Å². The highest BCUT2D eigenvalue weighted by molar-refractivity contribution is 6.31. The first-order chi connectivity index (χ1) is 27.6. The molecular formula is C42H40Cl3F3N6O4. The Hall–Kier alpha value is -5.13. The van der Waals surface area contributed by atoms with Crippen molar-refractivity contribution in [2.75, 3.05) is 47.4 Å². The molecule has 4 amide bonds.